The number of benzene rings is 2. The molecule has 0 aliphatic rings. The first-order chi connectivity index (χ1) is 14.5. The van der Waals surface area contributed by atoms with Crippen molar-refractivity contribution < 1.29 is 32.1 Å². The molecule has 1 amide bonds. The van der Waals surface area contributed by atoms with Gasteiger partial charge in [-0.25, -0.2) is 17.5 Å². The Hall–Kier alpha value is -3.73. The van der Waals surface area contributed by atoms with E-state index in [4.69, 9.17) is 9.15 Å². The van der Waals surface area contributed by atoms with Gasteiger partial charge in [-0.05, 0) is 37.6 Å². The Balaban J connectivity index is 2.25. The molecule has 0 aliphatic heterocycles. The van der Waals surface area contributed by atoms with Crippen LogP contribution in [0.25, 0.3) is 11.0 Å². The number of carbonyl (C=O) groups excluding carboxylic acids is 2. The molecule has 0 radical (unpaired) electrons. The zero-order chi connectivity index (χ0) is 23.1. The minimum absolute atomic E-state index is 0.0585. The Morgan fingerprint density at radius 3 is 2.39 bits per heavy atom. The highest BCUT2D eigenvalue weighted by Gasteiger charge is 2.32. The van der Waals surface area contributed by atoms with Gasteiger partial charge < -0.3 is 9.15 Å². The Bertz CT molecular complexity index is 1340. The quantitative estimate of drug-likeness (QED) is 0.330. The minimum Gasteiger partial charge on any atom is -0.465 e. The van der Waals surface area contributed by atoms with Crippen LogP contribution in [0.1, 0.15) is 28.6 Å². The Kier molecular flexibility index (Phi) is 5.55. The maximum Gasteiger partial charge on any atom is 0.342 e. The molecule has 0 fully saturated rings. The number of amides is 1. The number of rotatable bonds is 5. The summed E-state index contributed by atoms with van der Waals surface area (Å²) in [6, 6.07) is 7.47. The van der Waals surface area contributed by atoms with Gasteiger partial charge in [0, 0.05) is 24.4 Å². The van der Waals surface area contributed by atoms with E-state index in [1.165, 1.54) is 44.4 Å². The van der Waals surface area contributed by atoms with E-state index in [2.05, 4.69) is 0 Å². The van der Waals surface area contributed by atoms with Gasteiger partial charge in [0.1, 0.15) is 16.9 Å². The fraction of sp³-hybridized carbons (Fsp3) is 0.200. The number of nitrogens with zero attached hydrogens (tertiary/aromatic N) is 2. The lowest BCUT2D eigenvalue weighted by Gasteiger charge is -2.22. The van der Waals surface area contributed by atoms with Crippen LogP contribution in [0.15, 0.2) is 45.7 Å². The summed E-state index contributed by atoms with van der Waals surface area (Å²) in [5, 5.41) is 11.4. The Morgan fingerprint density at radius 2 is 1.81 bits per heavy atom. The molecule has 3 aromatic rings. The second-order valence-corrected chi connectivity index (χ2v) is 8.46. The molecule has 0 aliphatic carbocycles. The highest BCUT2D eigenvalue weighted by molar-refractivity contribution is 7.93. The molecule has 2 aromatic carbocycles. The summed E-state index contributed by atoms with van der Waals surface area (Å²) in [6.45, 7) is 4.07. The number of furan rings is 1. The topological polar surface area (TPSA) is 137 Å². The predicted molar refractivity (Wildman–Crippen MR) is 110 cm³/mol. The number of methoxy groups -OCH3 is 1. The van der Waals surface area contributed by atoms with Gasteiger partial charge in [0.2, 0.25) is 5.91 Å². The fourth-order valence-electron chi connectivity index (χ4n) is 3.26. The highest BCUT2D eigenvalue weighted by atomic mass is 32.2. The number of anilines is 1. The number of ether oxygens (including phenoxy) is 1. The summed E-state index contributed by atoms with van der Waals surface area (Å²) in [6.07, 6.45) is 0. The maximum atomic E-state index is 13.4. The number of aryl methyl sites for hydroxylation is 2. The lowest BCUT2D eigenvalue weighted by Crippen LogP contribution is -2.35. The molecular weight excluding hydrogens is 428 g/mol. The van der Waals surface area contributed by atoms with Crippen LogP contribution in [0, 0.1) is 24.0 Å². The number of non-ortho nitro benzene ring substituents is 1. The van der Waals surface area contributed by atoms with Crippen LogP contribution in [-0.4, -0.2) is 32.3 Å². The third kappa shape index (κ3) is 3.75. The van der Waals surface area contributed by atoms with E-state index >= 15 is 0 Å². The van der Waals surface area contributed by atoms with Gasteiger partial charge in [-0.1, -0.05) is 6.07 Å². The van der Waals surface area contributed by atoms with Crippen molar-refractivity contribution in [1.29, 1.82) is 0 Å². The summed E-state index contributed by atoms with van der Waals surface area (Å²) in [5.74, 6) is -1.25. The molecule has 11 heteroatoms. The number of hydrogen-bond acceptors (Lipinski definition) is 8. The van der Waals surface area contributed by atoms with Gasteiger partial charge in [-0.2, -0.15) is 0 Å². The van der Waals surface area contributed by atoms with Crippen molar-refractivity contribution >= 4 is 44.2 Å². The standard InChI is InChI=1S/C20H18N2O8S/c1-11-5-6-15(22(25)26)10-18(11)31(27,28)21(13(3)23)14-7-8-17-16(9-14)19(12(2)30-17)20(24)29-4/h5-10H,1-4H3. The van der Waals surface area contributed by atoms with Gasteiger partial charge in [-0.15, -0.1) is 0 Å². The molecule has 0 N–H and O–H groups in total. The van der Waals surface area contributed by atoms with Crippen molar-refractivity contribution in [3.63, 3.8) is 0 Å². The number of fused-ring (bicyclic) bond motifs is 1. The first kappa shape index (κ1) is 22.0. The lowest BCUT2D eigenvalue weighted by molar-refractivity contribution is -0.385. The van der Waals surface area contributed by atoms with Crippen molar-refractivity contribution in [1.82, 2.24) is 0 Å². The van der Waals surface area contributed by atoms with Gasteiger partial charge >= 0.3 is 5.97 Å². The first-order valence-corrected chi connectivity index (χ1v) is 10.4. The Labute approximate surface area is 177 Å². The summed E-state index contributed by atoms with van der Waals surface area (Å²) in [4.78, 5) is 34.6. The number of esters is 1. The minimum atomic E-state index is -4.51. The number of nitro benzene ring substituents is 1. The molecule has 0 unspecified atom stereocenters. The van der Waals surface area contributed by atoms with Gasteiger partial charge in [0.15, 0.2) is 0 Å². The van der Waals surface area contributed by atoms with E-state index in [1.54, 1.807) is 6.92 Å². The normalized spacial score (nSPS) is 11.4. The molecule has 0 atom stereocenters. The van der Waals surface area contributed by atoms with Crippen LogP contribution in [0.4, 0.5) is 11.4 Å². The molecule has 0 bridgehead atoms. The summed E-state index contributed by atoms with van der Waals surface area (Å²) in [5.41, 5.74) is 0.145. The van der Waals surface area contributed by atoms with Gasteiger partial charge in [-0.3, -0.25) is 14.9 Å². The van der Waals surface area contributed by atoms with E-state index in [0.29, 0.717) is 9.89 Å². The molecule has 3 rings (SSSR count). The second-order valence-electron chi connectivity index (χ2n) is 6.70. The van der Waals surface area contributed by atoms with Crippen molar-refractivity contribution in [2.24, 2.45) is 0 Å². The zero-order valence-corrected chi connectivity index (χ0v) is 17.8. The summed E-state index contributed by atoms with van der Waals surface area (Å²) >= 11 is 0. The third-order valence-electron chi connectivity index (χ3n) is 4.66. The number of sulfonamides is 1. The van der Waals surface area contributed by atoms with Crippen molar-refractivity contribution in [2.45, 2.75) is 25.7 Å². The maximum absolute atomic E-state index is 13.4. The molecular formula is C20H18N2O8S. The van der Waals surface area contributed by atoms with E-state index in [0.717, 1.165) is 13.0 Å². The molecule has 1 aromatic heterocycles. The van der Waals surface area contributed by atoms with Gasteiger partial charge in [0.25, 0.3) is 15.7 Å². The monoisotopic (exact) mass is 446 g/mol. The Morgan fingerprint density at radius 1 is 1.13 bits per heavy atom. The van der Waals surface area contributed by atoms with Crippen LogP contribution in [0.5, 0.6) is 0 Å². The van der Waals surface area contributed by atoms with Gasteiger partial charge in [0.05, 0.1) is 22.6 Å². The van der Waals surface area contributed by atoms with Crippen LogP contribution in [-0.2, 0) is 19.6 Å². The van der Waals surface area contributed by atoms with E-state index < -0.39 is 32.5 Å². The largest absolute Gasteiger partial charge is 0.465 e. The molecule has 10 nitrogen and oxygen atoms in total. The van der Waals surface area contributed by atoms with Crippen LogP contribution in [0.3, 0.4) is 0 Å². The third-order valence-corrected chi connectivity index (χ3v) is 6.60. The predicted octanol–water partition coefficient (Wildman–Crippen LogP) is 3.49. The molecule has 0 saturated heterocycles. The molecule has 31 heavy (non-hydrogen) atoms. The van der Waals surface area contributed by atoms with Crippen LogP contribution >= 0.6 is 0 Å². The van der Waals surface area contributed by atoms with Crippen molar-refractivity contribution in [3.8, 4) is 0 Å². The fourth-order valence-corrected chi connectivity index (χ4v) is 4.93. The average Bonchev–Trinajstić information content (AvgIpc) is 3.02. The van der Waals surface area contributed by atoms with E-state index in [9.17, 15) is 28.1 Å². The number of nitro groups is 1. The highest BCUT2D eigenvalue weighted by Crippen LogP contribution is 2.33. The SMILES string of the molecule is COC(=O)c1c(C)oc2ccc(N(C(C)=O)S(=O)(=O)c3cc([N+](=O)[O-])ccc3C)cc12. The first-order valence-electron chi connectivity index (χ1n) is 8.91. The average molecular weight is 446 g/mol. The summed E-state index contributed by atoms with van der Waals surface area (Å²) in [7, 11) is -3.31. The van der Waals surface area contributed by atoms with Crippen molar-refractivity contribution in [2.75, 3.05) is 11.4 Å². The zero-order valence-electron chi connectivity index (χ0n) is 17.0. The molecule has 1 heterocycles. The van der Waals surface area contributed by atoms with Crippen LogP contribution < -0.4 is 4.31 Å². The van der Waals surface area contributed by atoms with E-state index in [1.807, 2.05) is 0 Å². The molecule has 0 saturated carbocycles. The van der Waals surface area contributed by atoms with E-state index in [-0.39, 0.29) is 32.9 Å². The second kappa shape index (κ2) is 7.84. The molecule has 162 valence electrons. The lowest BCUT2D eigenvalue weighted by atomic mass is 10.1. The number of hydrogen-bond donors (Lipinski definition) is 0. The van der Waals surface area contributed by atoms with Crippen LogP contribution in [0.2, 0.25) is 0 Å². The van der Waals surface area contributed by atoms with Crippen molar-refractivity contribution in [3.05, 3.63) is 63.4 Å². The summed E-state index contributed by atoms with van der Waals surface area (Å²) < 4.78 is 37.5. The molecule has 0 spiro atoms. The number of carbonyl (C=O) groups is 2. The smallest absolute Gasteiger partial charge is 0.342 e.